The number of nitrogens with one attached hydrogen (secondary N) is 2. The van der Waals surface area contributed by atoms with Crippen LogP contribution in [0.4, 0.5) is 20.3 Å². The maximum Gasteiger partial charge on any atom is 0.238 e. The maximum absolute atomic E-state index is 14.1. The van der Waals surface area contributed by atoms with Gasteiger partial charge in [0, 0.05) is 42.2 Å². The fourth-order valence-corrected chi connectivity index (χ4v) is 4.29. The highest BCUT2D eigenvalue weighted by Crippen LogP contribution is 2.31. The standard InChI is InChI=1S/C24H21F2N5O3S/c1-13(32)28-12-17-8-15-7-14(3-5-20(15)30-23(17)27)16-9-21(24(34-2)29-11-16)31-35(33)22-6-4-18(25)10-19(22)26/h3-11,31H,12H2,1-2H3,(H2,27,30)(H,28,32). The number of nitrogens with zero attached hydrogens (tertiary/aromatic N) is 2. The minimum atomic E-state index is -2.04. The van der Waals surface area contributed by atoms with E-state index < -0.39 is 22.6 Å². The van der Waals surface area contributed by atoms with Gasteiger partial charge in [0.2, 0.25) is 11.8 Å². The van der Waals surface area contributed by atoms with Crippen LogP contribution in [0.25, 0.3) is 22.0 Å². The molecule has 0 bridgehead atoms. The largest absolute Gasteiger partial charge is 0.480 e. The van der Waals surface area contributed by atoms with Gasteiger partial charge in [-0.2, -0.15) is 0 Å². The van der Waals surface area contributed by atoms with E-state index in [1.807, 2.05) is 18.2 Å². The third-order valence-corrected chi connectivity index (χ3v) is 6.26. The molecule has 180 valence electrons. The summed E-state index contributed by atoms with van der Waals surface area (Å²) in [5.74, 6) is -1.41. The average Bonchev–Trinajstić information content (AvgIpc) is 2.82. The summed E-state index contributed by atoms with van der Waals surface area (Å²) >= 11 is 0. The summed E-state index contributed by atoms with van der Waals surface area (Å²) < 4.78 is 47.9. The topological polar surface area (TPSA) is 119 Å². The van der Waals surface area contributed by atoms with Gasteiger partial charge >= 0.3 is 0 Å². The Labute approximate surface area is 202 Å². The van der Waals surface area contributed by atoms with Gasteiger partial charge in [-0.25, -0.2) is 23.0 Å². The molecule has 0 aliphatic carbocycles. The molecule has 1 atom stereocenters. The highest BCUT2D eigenvalue weighted by molar-refractivity contribution is 7.86. The molecule has 8 nitrogen and oxygen atoms in total. The Morgan fingerprint density at radius 2 is 1.91 bits per heavy atom. The number of rotatable bonds is 7. The minimum absolute atomic E-state index is 0.150. The van der Waals surface area contributed by atoms with E-state index in [1.54, 1.807) is 18.3 Å². The normalized spacial score (nSPS) is 11.8. The van der Waals surface area contributed by atoms with Crippen molar-refractivity contribution in [2.45, 2.75) is 18.4 Å². The van der Waals surface area contributed by atoms with Gasteiger partial charge in [0.05, 0.1) is 17.5 Å². The number of hydrogen-bond donors (Lipinski definition) is 3. The zero-order valence-electron chi connectivity index (χ0n) is 18.8. The van der Waals surface area contributed by atoms with Gasteiger partial charge in [-0.1, -0.05) is 6.07 Å². The highest BCUT2D eigenvalue weighted by Gasteiger charge is 2.16. The van der Waals surface area contributed by atoms with E-state index in [2.05, 4.69) is 20.0 Å². The first-order valence-corrected chi connectivity index (χ1v) is 11.5. The van der Waals surface area contributed by atoms with Crippen molar-refractivity contribution < 1.29 is 22.5 Å². The number of pyridine rings is 2. The van der Waals surface area contributed by atoms with Crippen LogP contribution >= 0.6 is 0 Å². The first kappa shape index (κ1) is 24.0. The van der Waals surface area contributed by atoms with Crippen LogP contribution in [0.2, 0.25) is 0 Å². The second kappa shape index (κ2) is 10.0. The van der Waals surface area contributed by atoms with Crippen molar-refractivity contribution in [1.82, 2.24) is 15.3 Å². The lowest BCUT2D eigenvalue weighted by Gasteiger charge is -2.13. The first-order chi connectivity index (χ1) is 16.7. The molecule has 2 aromatic heterocycles. The van der Waals surface area contributed by atoms with Gasteiger partial charge in [0.25, 0.3) is 0 Å². The Morgan fingerprint density at radius 3 is 2.63 bits per heavy atom. The molecule has 35 heavy (non-hydrogen) atoms. The molecule has 0 spiro atoms. The third-order valence-electron chi connectivity index (χ3n) is 5.13. The van der Waals surface area contributed by atoms with Crippen LogP contribution in [0, 0.1) is 11.6 Å². The van der Waals surface area contributed by atoms with Gasteiger partial charge in [-0.15, -0.1) is 0 Å². The van der Waals surface area contributed by atoms with Crippen molar-refractivity contribution in [2.24, 2.45) is 0 Å². The molecule has 0 aliphatic heterocycles. The highest BCUT2D eigenvalue weighted by atomic mass is 32.2. The lowest BCUT2D eigenvalue weighted by molar-refractivity contribution is -0.119. The second-order valence-electron chi connectivity index (χ2n) is 7.58. The predicted octanol–water partition coefficient (Wildman–Crippen LogP) is 3.94. The van der Waals surface area contributed by atoms with Crippen LogP contribution in [-0.2, 0) is 22.3 Å². The zero-order valence-corrected chi connectivity index (χ0v) is 19.6. The summed E-state index contributed by atoms with van der Waals surface area (Å²) in [6.07, 6.45) is 1.58. The molecule has 0 fully saturated rings. The predicted molar refractivity (Wildman–Crippen MR) is 130 cm³/mol. The fourth-order valence-electron chi connectivity index (χ4n) is 3.40. The zero-order chi connectivity index (χ0) is 25.1. The van der Waals surface area contributed by atoms with Crippen molar-refractivity contribution >= 4 is 39.3 Å². The number of fused-ring (bicyclic) bond motifs is 1. The number of anilines is 2. The lowest BCUT2D eigenvalue weighted by Crippen LogP contribution is -2.20. The Balaban J connectivity index is 1.68. The summed E-state index contributed by atoms with van der Waals surface area (Å²) in [6.45, 7) is 1.67. The number of nitrogen functional groups attached to an aromatic ring is 1. The molecule has 2 heterocycles. The molecule has 0 radical (unpaired) electrons. The van der Waals surface area contributed by atoms with Gasteiger partial charge in [0.1, 0.15) is 23.1 Å². The van der Waals surface area contributed by atoms with E-state index in [0.717, 1.165) is 23.1 Å². The quantitative estimate of drug-likeness (QED) is 0.356. The molecule has 11 heteroatoms. The summed E-state index contributed by atoms with van der Waals surface area (Å²) in [7, 11) is -0.635. The third kappa shape index (κ3) is 5.35. The number of ether oxygens (including phenoxy) is 1. The summed E-state index contributed by atoms with van der Waals surface area (Å²) in [5.41, 5.74) is 9.05. The SMILES string of the molecule is COc1ncc(-c2ccc3nc(N)c(CNC(C)=O)cc3c2)cc1NS(=O)c1ccc(F)cc1F. The van der Waals surface area contributed by atoms with Gasteiger partial charge in [-0.3, -0.25) is 9.52 Å². The van der Waals surface area contributed by atoms with Crippen LogP contribution in [-0.4, -0.2) is 27.2 Å². The molecule has 0 saturated heterocycles. The van der Waals surface area contributed by atoms with Gasteiger partial charge < -0.3 is 15.8 Å². The number of aromatic nitrogens is 2. The number of halogens is 2. The van der Waals surface area contributed by atoms with Crippen LogP contribution in [0.15, 0.2) is 59.6 Å². The van der Waals surface area contributed by atoms with E-state index >= 15 is 0 Å². The summed E-state index contributed by atoms with van der Waals surface area (Å²) in [6, 6.07) is 11.8. The Morgan fingerprint density at radius 1 is 1.11 bits per heavy atom. The minimum Gasteiger partial charge on any atom is -0.480 e. The summed E-state index contributed by atoms with van der Waals surface area (Å²) in [4.78, 5) is 19.7. The molecule has 0 saturated carbocycles. The summed E-state index contributed by atoms with van der Waals surface area (Å²) in [5, 5.41) is 3.50. The van der Waals surface area contributed by atoms with Crippen molar-refractivity contribution in [2.75, 3.05) is 17.6 Å². The van der Waals surface area contributed by atoms with Crippen LogP contribution in [0.3, 0.4) is 0 Å². The lowest BCUT2D eigenvalue weighted by atomic mass is 10.0. The molecule has 4 aromatic rings. The van der Waals surface area contributed by atoms with E-state index in [4.69, 9.17) is 10.5 Å². The Bertz CT molecular complexity index is 1470. The molecular formula is C24H21F2N5O3S. The van der Waals surface area contributed by atoms with Crippen molar-refractivity contribution in [3.8, 4) is 17.0 Å². The molecule has 0 aliphatic rings. The Hall–Kier alpha value is -4.12. The molecule has 4 rings (SSSR count). The number of carbonyl (C=O) groups is 1. The van der Waals surface area contributed by atoms with Crippen molar-refractivity contribution in [1.29, 1.82) is 0 Å². The van der Waals surface area contributed by atoms with E-state index in [-0.39, 0.29) is 28.9 Å². The molecular weight excluding hydrogens is 476 g/mol. The Kier molecular flexibility index (Phi) is 6.87. The smallest absolute Gasteiger partial charge is 0.238 e. The molecule has 1 amide bonds. The second-order valence-corrected chi connectivity index (χ2v) is 8.76. The maximum atomic E-state index is 14.1. The average molecular weight is 498 g/mol. The van der Waals surface area contributed by atoms with E-state index in [1.165, 1.54) is 14.0 Å². The monoisotopic (exact) mass is 497 g/mol. The van der Waals surface area contributed by atoms with E-state index in [0.29, 0.717) is 28.5 Å². The number of benzene rings is 2. The number of carbonyl (C=O) groups excluding carboxylic acids is 1. The first-order valence-electron chi connectivity index (χ1n) is 10.4. The molecule has 2 aromatic carbocycles. The van der Waals surface area contributed by atoms with Gasteiger partial charge in [-0.05, 0) is 42.0 Å². The van der Waals surface area contributed by atoms with Crippen LogP contribution in [0.5, 0.6) is 5.88 Å². The number of methoxy groups -OCH3 is 1. The van der Waals surface area contributed by atoms with Crippen LogP contribution < -0.4 is 20.5 Å². The molecule has 1 unspecified atom stereocenters. The van der Waals surface area contributed by atoms with E-state index in [9.17, 15) is 17.8 Å². The van der Waals surface area contributed by atoms with Gasteiger partial charge in [0.15, 0.2) is 11.0 Å². The fraction of sp³-hybridized carbons (Fsp3) is 0.125. The van der Waals surface area contributed by atoms with Crippen molar-refractivity contribution in [3.63, 3.8) is 0 Å². The van der Waals surface area contributed by atoms with Crippen LogP contribution in [0.1, 0.15) is 12.5 Å². The van der Waals surface area contributed by atoms with Crippen molar-refractivity contribution in [3.05, 3.63) is 71.9 Å². The number of nitrogens with two attached hydrogens (primary N) is 1. The number of hydrogen-bond acceptors (Lipinski definition) is 6. The number of amides is 1. The molecule has 4 N–H and O–H groups in total.